The fourth-order valence-electron chi connectivity index (χ4n) is 3.74. The van der Waals surface area contributed by atoms with Crippen molar-refractivity contribution in [2.75, 3.05) is 24.5 Å². The number of hydrogen-bond acceptors (Lipinski definition) is 5. The molecule has 0 amide bonds. The van der Waals surface area contributed by atoms with Crippen LogP contribution in [0.1, 0.15) is 48.4 Å². The number of carbonyl (C=O) groups is 1. The summed E-state index contributed by atoms with van der Waals surface area (Å²) >= 11 is 0. The summed E-state index contributed by atoms with van der Waals surface area (Å²) in [4.78, 5) is 10.5. The number of carbonyl (C=O) groups excluding carboxylic acids is 1. The number of para-hydroxylation sites is 1. The number of fused-ring (bicyclic) bond motifs is 2. The summed E-state index contributed by atoms with van der Waals surface area (Å²) in [6.07, 6.45) is 3.83. The Labute approximate surface area is 185 Å². The predicted octanol–water partition coefficient (Wildman–Crippen LogP) is 0.550. The molecule has 30 heavy (non-hydrogen) atoms. The van der Waals surface area contributed by atoms with Gasteiger partial charge < -0.3 is 22.5 Å². The zero-order chi connectivity index (χ0) is 20.9. The van der Waals surface area contributed by atoms with E-state index < -0.39 is 10.0 Å². The van der Waals surface area contributed by atoms with Crippen molar-refractivity contribution in [2.24, 2.45) is 0 Å². The minimum atomic E-state index is -3.62. The van der Waals surface area contributed by atoms with Gasteiger partial charge in [0.2, 0.25) is 0 Å². The Morgan fingerprint density at radius 3 is 2.57 bits per heavy atom. The van der Waals surface area contributed by atoms with E-state index in [1.165, 1.54) is 4.31 Å². The first-order valence-electron chi connectivity index (χ1n) is 9.94. The van der Waals surface area contributed by atoms with Crippen LogP contribution >= 0.6 is 0 Å². The van der Waals surface area contributed by atoms with Gasteiger partial charge in [-0.3, -0.25) is 9.10 Å². The maximum atomic E-state index is 13.2. The number of hydrogen-bond donors (Lipinski definition) is 1. The van der Waals surface area contributed by atoms with Gasteiger partial charge in [0, 0.05) is 7.05 Å². The second-order valence-electron chi connectivity index (χ2n) is 7.34. The molecule has 1 N–H and O–H groups in total. The van der Waals surface area contributed by atoms with Gasteiger partial charge >= 0.3 is 0 Å². The maximum absolute atomic E-state index is 13.2. The molecule has 1 heterocycles. The van der Waals surface area contributed by atoms with Gasteiger partial charge in [0.15, 0.2) is 0 Å². The Morgan fingerprint density at radius 2 is 1.80 bits per heavy atom. The lowest BCUT2D eigenvalue weighted by Crippen LogP contribution is -3.00. The summed E-state index contributed by atoms with van der Waals surface area (Å²) < 4.78 is 32.6. The molecule has 0 aliphatic carbocycles. The predicted molar refractivity (Wildman–Crippen MR) is 114 cm³/mol. The topological polar surface area (TPSA) is 75.7 Å². The van der Waals surface area contributed by atoms with Gasteiger partial charge in [-0.25, -0.2) is 8.42 Å². The SMILES string of the molecule is Cc1ccc2c(c1)S(=O)(=O)N(C)c1ccccc1C2NCCCCCCOC=O.[Cl-]. The Bertz CT molecular complexity index is 965. The molecule has 8 heteroatoms. The Hall–Kier alpha value is -2.09. The molecule has 3 rings (SSSR count). The van der Waals surface area contributed by atoms with Gasteiger partial charge in [-0.2, -0.15) is 0 Å². The molecule has 0 radical (unpaired) electrons. The van der Waals surface area contributed by atoms with Crippen LogP contribution in [0.5, 0.6) is 0 Å². The summed E-state index contributed by atoms with van der Waals surface area (Å²) in [6.45, 7) is 3.62. The van der Waals surface area contributed by atoms with Crippen LogP contribution in [0.4, 0.5) is 5.69 Å². The highest BCUT2D eigenvalue weighted by Crippen LogP contribution is 2.40. The number of aryl methyl sites for hydroxylation is 1. The first-order valence-corrected chi connectivity index (χ1v) is 11.4. The van der Waals surface area contributed by atoms with E-state index in [2.05, 4.69) is 5.32 Å². The van der Waals surface area contributed by atoms with E-state index in [0.717, 1.165) is 48.9 Å². The van der Waals surface area contributed by atoms with Crippen molar-refractivity contribution in [1.82, 2.24) is 5.32 Å². The summed E-state index contributed by atoms with van der Waals surface area (Å²) in [5.74, 6) is 0. The number of ether oxygens (including phenoxy) is 1. The molecular weight excluding hydrogens is 424 g/mol. The first kappa shape index (κ1) is 24.2. The smallest absolute Gasteiger partial charge is 0.293 e. The lowest BCUT2D eigenvalue weighted by molar-refractivity contribution is -0.128. The van der Waals surface area contributed by atoms with Crippen LogP contribution in [0, 0.1) is 6.92 Å². The van der Waals surface area contributed by atoms with Crippen molar-refractivity contribution in [1.29, 1.82) is 0 Å². The molecule has 0 fully saturated rings. The Morgan fingerprint density at radius 1 is 1.07 bits per heavy atom. The lowest BCUT2D eigenvalue weighted by Gasteiger charge is -2.22. The fourth-order valence-corrected chi connectivity index (χ4v) is 5.28. The quantitative estimate of drug-likeness (QED) is 0.445. The van der Waals surface area contributed by atoms with Gasteiger partial charge in [0.1, 0.15) is 0 Å². The standard InChI is InChI=1S/C22H28N2O4S.ClH/c1-17-11-12-19-21(15-17)29(26,27)24(2)20-10-6-5-9-18(20)22(19)23-13-7-3-4-8-14-28-16-25;/h5-6,9-12,15-16,22-23H,3-4,7-8,13-14H2,1-2H3;1H/p-1. The average molecular weight is 452 g/mol. The number of unbranched alkanes of at least 4 members (excludes halogenated alkanes) is 3. The molecule has 6 nitrogen and oxygen atoms in total. The van der Waals surface area contributed by atoms with Crippen molar-refractivity contribution >= 4 is 22.2 Å². The van der Waals surface area contributed by atoms with Crippen LogP contribution < -0.4 is 22.0 Å². The average Bonchev–Trinajstić information content (AvgIpc) is 2.78. The summed E-state index contributed by atoms with van der Waals surface area (Å²) in [5, 5.41) is 3.58. The molecule has 2 aromatic rings. The molecule has 0 bridgehead atoms. The molecule has 1 unspecified atom stereocenters. The van der Waals surface area contributed by atoms with Crippen molar-refractivity contribution in [3.05, 3.63) is 59.2 Å². The zero-order valence-corrected chi connectivity index (χ0v) is 18.9. The van der Waals surface area contributed by atoms with Crippen molar-refractivity contribution < 1.29 is 30.4 Å². The lowest BCUT2D eigenvalue weighted by atomic mass is 9.96. The molecule has 0 saturated carbocycles. The van der Waals surface area contributed by atoms with Crippen LogP contribution in [0.3, 0.4) is 0 Å². The van der Waals surface area contributed by atoms with Gasteiger partial charge in [0.25, 0.3) is 16.5 Å². The molecule has 1 aliphatic rings. The third-order valence-corrected chi connectivity index (χ3v) is 7.14. The Kier molecular flexibility index (Phi) is 8.70. The summed E-state index contributed by atoms with van der Waals surface area (Å²) in [6, 6.07) is 13.1. The number of benzene rings is 2. The highest BCUT2D eigenvalue weighted by atomic mass is 35.5. The minimum Gasteiger partial charge on any atom is -1.00 e. The third kappa shape index (κ3) is 5.14. The van der Waals surface area contributed by atoms with Crippen LogP contribution in [0.25, 0.3) is 0 Å². The fraction of sp³-hybridized carbons (Fsp3) is 0.409. The van der Waals surface area contributed by atoms with Crippen molar-refractivity contribution in [3.8, 4) is 0 Å². The second kappa shape index (κ2) is 10.8. The molecule has 2 aromatic carbocycles. The minimum absolute atomic E-state index is 0. The van der Waals surface area contributed by atoms with E-state index in [0.29, 0.717) is 23.7 Å². The highest BCUT2D eigenvalue weighted by molar-refractivity contribution is 7.92. The largest absolute Gasteiger partial charge is 1.00 e. The molecular formula is C22H28ClN2O4S-. The third-order valence-electron chi connectivity index (χ3n) is 5.31. The number of sulfonamides is 1. The van der Waals surface area contributed by atoms with Crippen LogP contribution in [0.15, 0.2) is 47.4 Å². The van der Waals surface area contributed by atoms with Gasteiger partial charge in [-0.05, 0) is 55.1 Å². The normalized spacial score (nSPS) is 16.6. The van der Waals surface area contributed by atoms with Crippen molar-refractivity contribution in [2.45, 2.75) is 43.5 Å². The van der Waals surface area contributed by atoms with Crippen LogP contribution in [-0.2, 0) is 19.6 Å². The van der Waals surface area contributed by atoms with E-state index in [-0.39, 0.29) is 18.4 Å². The molecule has 0 spiro atoms. The molecule has 164 valence electrons. The highest BCUT2D eigenvalue weighted by Gasteiger charge is 2.34. The Balaban J connectivity index is 0.00000320. The number of anilines is 1. The summed E-state index contributed by atoms with van der Waals surface area (Å²) in [7, 11) is -2.01. The van der Waals surface area contributed by atoms with Crippen LogP contribution in [0.2, 0.25) is 0 Å². The van der Waals surface area contributed by atoms with E-state index in [1.54, 1.807) is 13.1 Å². The van der Waals surface area contributed by atoms with Gasteiger partial charge in [-0.15, -0.1) is 0 Å². The molecule has 1 aliphatic heterocycles. The second-order valence-corrected chi connectivity index (χ2v) is 9.28. The van der Waals surface area contributed by atoms with Gasteiger partial charge in [0.05, 0.1) is 23.2 Å². The molecule has 0 aromatic heterocycles. The van der Waals surface area contributed by atoms with Crippen LogP contribution in [-0.4, -0.2) is 35.1 Å². The van der Waals surface area contributed by atoms with Crippen molar-refractivity contribution in [3.63, 3.8) is 0 Å². The maximum Gasteiger partial charge on any atom is 0.293 e. The van der Waals surface area contributed by atoms with E-state index >= 15 is 0 Å². The van der Waals surface area contributed by atoms with Gasteiger partial charge in [-0.1, -0.05) is 43.2 Å². The molecule has 1 atom stereocenters. The van der Waals surface area contributed by atoms with E-state index in [4.69, 9.17) is 4.74 Å². The monoisotopic (exact) mass is 451 g/mol. The molecule has 0 saturated heterocycles. The zero-order valence-electron chi connectivity index (χ0n) is 17.3. The van der Waals surface area contributed by atoms with E-state index in [1.807, 2.05) is 43.3 Å². The van der Waals surface area contributed by atoms with E-state index in [9.17, 15) is 13.2 Å². The number of rotatable bonds is 9. The number of nitrogens with zero attached hydrogens (tertiary/aromatic N) is 1. The number of halogens is 1. The number of nitrogens with one attached hydrogen (secondary N) is 1. The summed E-state index contributed by atoms with van der Waals surface area (Å²) in [5.41, 5.74) is 3.36. The first-order chi connectivity index (χ1) is 14.0.